The van der Waals surface area contributed by atoms with Crippen LogP contribution in [-0.4, -0.2) is 43.3 Å². The standard InChI is InChI=1S/C20H29N3O6/c1-13(2)8-17(11-24)29-23-20(27)16-7-5-6-15(9-16)19(26)22-28-12-18(25)21-10-14(3)4/h5-7,9,11,13-14,17H,8,10,12H2,1-4H3,(H,21,25)(H,22,26)(H,23,27). The molecule has 3 N–H and O–H groups in total. The first-order valence-electron chi connectivity index (χ1n) is 9.43. The van der Waals surface area contributed by atoms with Crippen LogP contribution in [-0.2, 0) is 19.3 Å². The second kappa shape index (κ2) is 12.6. The van der Waals surface area contributed by atoms with Crippen LogP contribution in [0.5, 0.6) is 0 Å². The number of benzene rings is 1. The molecule has 0 bridgehead atoms. The molecule has 0 heterocycles. The van der Waals surface area contributed by atoms with Gasteiger partial charge in [-0.2, -0.15) is 0 Å². The first-order valence-corrected chi connectivity index (χ1v) is 9.43. The molecule has 29 heavy (non-hydrogen) atoms. The Balaban J connectivity index is 2.53. The molecule has 9 heteroatoms. The van der Waals surface area contributed by atoms with Crippen molar-refractivity contribution in [1.82, 2.24) is 16.3 Å². The lowest BCUT2D eigenvalue weighted by molar-refractivity contribution is -0.127. The van der Waals surface area contributed by atoms with E-state index in [2.05, 4.69) is 16.3 Å². The molecule has 9 nitrogen and oxygen atoms in total. The number of nitrogens with one attached hydrogen (secondary N) is 3. The van der Waals surface area contributed by atoms with Crippen LogP contribution in [0.3, 0.4) is 0 Å². The maximum absolute atomic E-state index is 12.2. The van der Waals surface area contributed by atoms with E-state index in [1.807, 2.05) is 27.7 Å². The van der Waals surface area contributed by atoms with Gasteiger partial charge >= 0.3 is 0 Å². The highest BCUT2D eigenvalue weighted by atomic mass is 16.7. The first-order chi connectivity index (χ1) is 13.7. The van der Waals surface area contributed by atoms with Crippen molar-refractivity contribution in [3.8, 4) is 0 Å². The monoisotopic (exact) mass is 407 g/mol. The fourth-order valence-corrected chi connectivity index (χ4v) is 2.18. The molecule has 1 aromatic carbocycles. The Hall–Kier alpha value is -2.78. The summed E-state index contributed by atoms with van der Waals surface area (Å²) in [5.41, 5.74) is 4.70. The Morgan fingerprint density at radius 3 is 2.17 bits per heavy atom. The van der Waals surface area contributed by atoms with E-state index in [1.54, 1.807) is 0 Å². The van der Waals surface area contributed by atoms with E-state index >= 15 is 0 Å². The predicted octanol–water partition coefficient (Wildman–Crippen LogP) is 1.40. The molecule has 0 fully saturated rings. The largest absolute Gasteiger partial charge is 0.354 e. The van der Waals surface area contributed by atoms with Gasteiger partial charge in [-0.25, -0.2) is 11.0 Å². The van der Waals surface area contributed by atoms with Gasteiger partial charge < -0.3 is 10.1 Å². The summed E-state index contributed by atoms with van der Waals surface area (Å²) in [5, 5.41) is 2.65. The van der Waals surface area contributed by atoms with Gasteiger partial charge in [0.05, 0.1) is 0 Å². The van der Waals surface area contributed by atoms with E-state index < -0.39 is 17.9 Å². The maximum atomic E-state index is 12.2. The summed E-state index contributed by atoms with van der Waals surface area (Å²) in [4.78, 5) is 56.9. The summed E-state index contributed by atoms with van der Waals surface area (Å²) in [5.74, 6) is -1.03. The van der Waals surface area contributed by atoms with E-state index in [-0.39, 0.29) is 29.6 Å². The Kier molecular flexibility index (Phi) is 10.6. The van der Waals surface area contributed by atoms with Gasteiger partial charge in [-0.3, -0.25) is 24.1 Å². The van der Waals surface area contributed by atoms with Crippen molar-refractivity contribution in [3.63, 3.8) is 0 Å². The Labute approximate surface area is 170 Å². The molecule has 1 rings (SSSR count). The topological polar surface area (TPSA) is 123 Å². The number of amides is 3. The van der Waals surface area contributed by atoms with Crippen LogP contribution in [0.2, 0.25) is 0 Å². The van der Waals surface area contributed by atoms with Crippen LogP contribution in [0.4, 0.5) is 0 Å². The van der Waals surface area contributed by atoms with E-state index in [0.717, 1.165) is 0 Å². The third-order valence-electron chi connectivity index (χ3n) is 3.62. The lowest BCUT2D eigenvalue weighted by atomic mass is 10.1. The normalized spacial score (nSPS) is 11.8. The highest BCUT2D eigenvalue weighted by Crippen LogP contribution is 2.08. The van der Waals surface area contributed by atoms with Gasteiger partial charge in [0, 0.05) is 17.7 Å². The van der Waals surface area contributed by atoms with Crippen LogP contribution in [0.1, 0.15) is 54.8 Å². The molecule has 3 amide bonds. The molecule has 1 atom stereocenters. The zero-order valence-corrected chi connectivity index (χ0v) is 17.2. The lowest BCUT2D eigenvalue weighted by Gasteiger charge is -2.14. The summed E-state index contributed by atoms with van der Waals surface area (Å²) in [7, 11) is 0. The predicted molar refractivity (Wildman–Crippen MR) is 106 cm³/mol. The SMILES string of the molecule is CC(C)CNC(=O)CONC(=O)c1cccc(C(=O)NOC(C=O)CC(C)C)c1. The summed E-state index contributed by atoms with van der Waals surface area (Å²) in [6, 6.07) is 5.84. The van der Waals surface area contributed by atoms with Gasteiger partial charge in [-0.05, 0) is 36.5 Å². The molecule has 0 aromatic heterocycles. The molecule has 0 aliphatic heterocycles. The van der Waals surface area contributed by atoms with Crippen molar-refractivity contribution >= 4 is 24.0 Å². The minimum atomic E-state index is -0.749. The first kappa shape index (κ1) is 24.3. The van der Waals surface area contributed by atoms with Crippen molar-refractivity contribution in [2.45, 2.75) is 40.2 Å². The fraction of sp³-hybridized carbons (Fsp3) is 0.500. The van der Waals surface area contributed by atoms with Crippen LogP contribution in [0, 0.1) is 11.8 Å². The molecular weight excluding hydrogens is 378 g/mol. The zero-order chi connectivity index (χ0) is 21.8. The molecule has 0 saturated carbocycles. The van der Waals surface area contributed by atoms with Gasteiger partial charge in [-0.1, -0.05) is 33.8 Å². The molecule has 0 radical (unpaired) electrons. The second-order valence-corrected chi connectivity index (χ2v) is 7.35. The smallest absolute Gasteiger partial charge is 0.274 e. The fourth-order valence-electron chi connectivity index (χ4n) is 2.18. The van der Waals surface area contributed by atoms with Crippen LogP contribution >= 0.6 is 0 Å². The van der Waals surface area contributed by atoms with E-state index in [4.69, 9.17) is 9.68 Å². The Morgan fingerprint density at radius 2 is 1.62 bits per heavy atom. The Bertz CT molecular complexity index is 705. The van der Waals surface area contributed by atoms with Crippen molar-refractivity contribution in [1.29, 1.82) is 0 Å². The number of hydrogen-bond donors (Lipinski definition) is 3. The minimum Gasteiger partial charge on any atom is -0.354 e. The Morgan fingerprint density at radius 1 is 1.00 bits per heavy atom. The summed E-state index contributed by atoms with van der Waals surface area (Å²) >= 11 is 0. The minimum absolute atomic E-state index is 0.161. The molecule has 1 unspecified atom stereocenters. The average Bonchev–Trinajstić information content (AvgIpc) is 2.68. The van der Waals surface area contributed by atoms with Crippen LogP contribution < -0.4 is 16.3 Å². The quantitative estimate of drug-likeness (QED) is 0.355. The zero-order valence-electron chi connectivity index (χ0n) is 17.2. The second-order valence-electron chi connectivity index (χ2n) is 7.35. The average molecular weight is 407 g/mol. The molecule has 0 aliphatic rings. The van der Waals surface area contributed by atoms with E-state index in [0.29, 0.717) is 25.2 Å². The molecule has 0 spiro atoms. The van der Waals surface area contributed by atoms with Crippen molar-refractivity contribution in [3.05, 3.63) is 35.4 Å². The van der Waals surface area contributed by atoms with E-state index in [9.17, 15) is 19.2 Å². The highest BCUT2D eigenvalue weighted by molar-refractivity contribution is 5.99. The van der Waals surface area contributed by atoms with E-state index in [1.165, 1.54) is 24.3 Å². The molecule has 1 aromatic rings. The molecular formula is C20H29N3O6. The number of carbonyl (C=O) groups excluding carboxylic acids is 4. The van der Waals surface area contributed by atoms with Gasteiger partial charge in [0.2, 0.25) is 5.91 Å². The van der Waals surface area contributed by atoms with Crippen molar-refractivity contribution in [2.75, 3.05) is 13.2 Å². The van der Waals surface area contributed by atoms with Crippen LogP contribution in [0.15, 0.2) is 24.3 Å². The molecule has 160 valence electrons. The third-order valence-corrected chi connectivity index (χ3v) is 3.62. The van der Waals surface area contributed by atoms with Gasteiger partial charge in [0.1, 0.15) is 6.10 Å². The summed E-state index contributed by atoms with van der Waals surface area (Å²) in [6.07, 6.45) is 0.341. The summed E-state index contributed by atoms with van der Waals surface area (Å²) < 4.78 is 0. The summed E-state index contributed by atoms with van der Waals surface area (Å²) in [6.45, 7) is 7.97. The number of aldehydes is 1. The lowest BCUT2D eigenvalue weighted by Crippen LogP contribution is -2.34. The van der Waals surface area contributed by atoms with Gasteiger partial charge in [0.25, 0.3) is 11.8 Å². The molecule has 0 aliphatic carbocycles. The maximum Gasteiger partial charge on any atom is 0.274 e. The van der Waals surface area contributed by atoms with Crippen molar-refractivity contribution in [2.24, 2.45) is 11.8 Å². The number of hydrogen-bond acceptors (Lipinski definition) is 6. The number of rotatable bonds is 12. The van der Waals surface area contributed by atoms with Gasteiger partial charge in [-0.15, -0.1) is 0 Å². The third kappa shape index (κ3) is 9.82. The van der Waals surface area contributed by atoms with Gasteiger partial charge in [0.15, 0.2) is 12.9 Å². The molecule has 0 saturated heterocycles. The number of carbonyl (C=O) groups is 4. The van der Waals surface area contributed by atoms with Crippen molar-refractivity contribution < 1.29 is 28.9 Å². The highest BCUT2D eigenvalue weighted by Gasteiger charge is 2.15. The van der Waals surface area contributed by atoms with Crippen LogP contribution in [0.25, 0.3) is 0 Å². The number of hydroxylamine groups is 2.